The summed E-state index contributed by atoms with van der Waals surface area (Å²) in [6.45, 7) is 5.27. The highest BCUT2D eigenvalue weighted by Crippen LogP contribution is 2.27. The number of carbonyl (C=O) groups excluding carboxylic acids is 2. The maximum atomic E-state index is 13.9. The van der Waals surface area contributed by atoms with Crippen LogP contribution in [-0.4, -0.2) is 44.3 Å². The Hall–Kier alpha value is -2.78. The van der Waals surface area contributed by atoms with Crippen molar-refractivity contribution >= 4 is 62.3 Å². The van der Waals surface area contributed by atoms with E-state index in [2.05, 4.69) is 5.32 Å². The second kappa shape index (κ2) is 13.5. The summed E-state index contributed by atoms with van der Waals surface area (Å²) in [6.07, 6.45) is 0.721. The van der Waals surface area contributed by atoms with Crippen molar-refractivity contribution in [3.63, 3.8) is 0 Å². The number of amides is 2. The van der Waals surface area contributed by atoms with Gasteiger partial charge < -0.3 is 10.2 Å². The summed E-state index contributed by atoms with van der Waals surface area (Å²) in [4.78, 5) is 28.1. The quantitative estimate of drug-likeness (QED) is 0.285. The minimum absolute atomic E-state index is 0.00940. The molecule has 0 aliphatic rings. The summed E-state index contributed by atoms with van der Waals surface area (Å²) >= 11 is 18.3. The first-order chi connectivity index (χ1) is 18.4. The van der Waals surface area contributed by atoms with Crippen molar-refractivity contribution in [1.29, 1.82) is 0 Å². The lowest BCUT2D eigenvalue weighted by atomic mass is 10.1. The van der Waals surface area contributed by atoms with E-state index in [4.69, 9.17) is 34.8 Å². The number of rotatable bonds is 11. The molecular formula is C28H30Cl3N3O4S. The molecule has 39 heavy (non-hydrogen) atoms. The maximum absolute atomic E-state index is 13.9. The lowest BCUT2D eigenvalue weighted by Crippen LogP contribution is -2.51. The Morgan fingerprint density at radius 3 is 2.15 bits per heavy atom. The molecule has 0 radical (unpaired) electrons. The average molecular weight is 611 g/mol. The number of nitrogens with one attached hydrogen (secondary N) is 1. The van der Waals surface area contributed by atoms with E-state index in [0.717, 1.165) is 16.3 Å². The van der Waals surface area contributed by atoms with Crippen LogP contribution in [0.3, 0.4) is 0 Å². The van der Waals surface area contributed by atoms with Crippen LogP contribution in [0.15, 0.2) is 71.6 Å². The number of anilines is 1. The average Bonchev–Trinajstić information content (AvgIpc) is 2.91. The van der Waals surface area contributed by atoms with Crippen molar-refractivity contribution in [1.82, 2.24) is 10.2 Å². The van der Waals surface area contributed by atoms with Crippen LogP contribution in [0, 0.1) is 6.92 Å². The Kier molecular flexibility index (Phi) is 10.7. The summed E-state index contributed by atoms with van der Waals surface area (Å²) < 4.78 is 28.6. The molecule has 1 N–H and O–H groups in total. The second-order valence-corrected chi connectivity index (χ2v) is 12.2. The largest absolute Gasteiger partial charge is 0.354 e. The van der Waals surface area contributed by atoms with Crippen LogP contribution >= 0.6 is 34.8 Å². The summed E-state index contributed by atoms with van der Waals surface area (Å²) in [5, 5.41) is 3.87. The Bertz CT molecular complexity index is 1410. The van der Waals surface area contributed by atoms with Gasteiger partial charge in [-0.15, -0.1) is 0 Å². The van der Waals surface area contributed by atoms with E-state index in [1.807, 2.05) is 13.8 Å². The molecule has 3 aromatic carbocycles. The monoisotopic (exact) mass is 609 g/mol. The van der Waals surface area contributed by atoms with Crippen LogP contribution < -0.4 is 9.62 Å². The molecule has 0 heterocycles. The van der Waals surface area contributed by atoms with Gasteiger partial charge in [-0.2, -0.15) is 0 Å². The van der Waals surface area contributed by atoms with Gasteiger partial charge in [0.1, 0.15) is 12.6 Å². The topological polar surface area (TPSA) is 86.8 Å². The molecular weight excluding hydrogens is 581 g/mol. The minimum atomic E-state index is -4.15. The van der Waals surface area contributed by atoms with Gasteiger partial charge in [0.25, 0.3) is 10.0 Å². The molecule has 0 saturated heterocycles. The lowest BCUT2D eigenvalue weighted by molar-refractivity contribution is -0.139. The van der Waals surface area contributed by atoms with E-state index < -0.39 is 28.5 Å². The van der Waals surface area contributed by atoms with Crippen molar-refractivity contribution in [3.8, 4) is 0 Å². The molecule has 0 aliphatic carbocycles. The fourth-order valence-corrected chi connectivity index (χ4v) is 5.65. The van der Waals surface area contributed by atoms with E-state index >= 15 is 0 Å². The van der Waals surface area contributed by atoms with Crippen LogP contribution in [0.4, 0.5) is 5.69 Å². The molecule has 0 saturated carbocycles. The number of halogens is 3. The molecule has 0 fully saturated rings. The molecule has 0 unspecified atom stereocenters. The number of sulfonamides is 1. The van der Waals surface area contributed by atoms with Crippen LogP contribution in [-0.2, 0) is 26.2 Å². The van der Waals surface area contributed by atoms with Crippen molar-refractivity contribution in [2.24, 2.45) is 0 Å². The van der Waals surface area contributed by atoms with E-state index in [1.165, 1.54) is 29.2 Å². The molecule has 3 aromatic rings. The predicted octanol–water partition coefficient (Wildman–Crippen LogP) is 6.09. The second-order valence-electron chi connectivity index (χ2n) is 9.04. The fraction of sp³-hybridized carbons (Fsp3) is 0.286. The van der Waals surface area contributed by atoms with Crippen molar-refractivity contribution in [3.05, 3.63) is 92.9 Å². The fourth-order valence-electron chi connectivity index (χ4n) is 3.79. The van der Waals surface area contributed by atoms with Gasteiger partial charge in [0, 0.05) is 18.1 Å². The van der Waals surface area contributed by atoms with Gasteiger partial charge in [-0.05, 0) is 74.4 Å². The number of hydrogen-bond acceptors (Lipinski definition) is 4. The maximum Gasteiger partial charge on any atom is 0.264 e. The van der Waals surface area contributed by atoms with Gasteiger partial charge in [-0.25, -0.2) is 8.42 Å². The minimum Gasteiger partial charge on any atom is -0.354 e. The summed E-state index contributed by atoms with van der Waals surface area (Å²) in [5.74, 6) is -0.935. The zero-order valence-corrected chi connectivity index (χ0v) is 24.9. The summed E-state index contributed by atoms with van der Waals surface area (Å²) in [7, 11) is -4.15. The van der Waals surface area contributed by atoms with Crippen LogP contribution in [0.25, 0.3) is 0 Å². The number of carbonyl (C=O) groups is 2. The SMILES string of the molecule is CCCNC(=O)[C@H](C)N(Cc1ccc(Cl)c(Cl)c1)C(=O)CN(c1ccc(Cl)cc1)S(=O)(=O)c1ccc(C)cc1. The molecule has 0 bridgehead atoms. The summed E-state index contributed by atoms with van der Waals surface area (Å²) in [5.41, 5.74) is 1.78. The van der Waals surface area contributed by atoms with Gasteiger partial charge in [0.05, 0.1) is 20.6 Å². The zero-order valence-electron chi connectivity index (χ0n) is 21.8. The van der Waals surface area contributed by atoms with Crippen molar-refractivity contribution < 1.29 is 18.0 Å². The molecule has 11 heteroatoms. The first-order valence-electron chi connectivity index (χ1n) is 12.3. The normalized spacial score (nSPS) is 12.1. The van der Waals surface area contributed by atoms with Gasteiger partial charge in [0.15, 0.2) is 0 Å². The molecule has 0 aromatic heterocycles. The number of aryl methyl sites for hydroxylation is 1. The molecule has 7 nitrogen and oxygen atoms in total. The number of nitrogens with zero attached hydrogens (tertiary/aromatic N) is 2. The molecule has 2 amide bonds. The molecule has 208 valence electrons. The van der Waals surface area contributed by atoms with Gasteiger partial charge in [0.2, 0.25) is 11.8 Å². The lowest BCUT2D eigenvalue weighted by Gasteiger charge is -2.32. The Labute approximate surface area is 244 Å². The van der Waals surface area contributed by atoms with E-state index in [1.54, 1.807) is 49.4 Å². The van der Waals surface area contributed by atoms with Gasteiger partial charge >= 0.3 is 0 Å². The smallest absolute Gasteiger partial charge is 0.264 e. The highest BCUT2D eigenvalue weighted by molar-refractivity contribution is 7.92. The first kappa shape index (κ1) is 30.8. The Balaban J connectivity index is 2.02. The molecule has 1 atom stereocenters. The first-order valence-corrected chi connectivity index (χ1v) is 14.9. The Morgan fingerprint density at radius 2 is 1.56 bits per heavy atom. The van der Waals surface area contributed by atoms with Gasteiger partial charge in [-0.3, -0.25) is 13.9 Å². The van der Waals surface area contributed by atoms with Crippen LogP contribution in [0.1, 0.15) is 31.4 Å². The van der Waals surface area contributed by atoms with E-state index in [0.29, 0.717) is 27.2 Å². The number of hydrogen-bond donors (Lipinski definition) is 1. The highest BCUT2D eigenvalue weighted by Gasteiger charge is 2.32. The molecule has 0 spiro atoms. The van der Waals surface area contributed by atoms with E-state index in [9.17, 15) is 18.0 Å². The van der Waals surface area contributed by atoms with Gasteiger partial charge in [-0.1, -0.05) is 65.5 Å². The third-order valence-corrected chi connectivity index (χ3v) is 8.84. The Morgan fingerprint density at radius 1 is 0.923 bits per heavy atom. The van der Waals surface area contributed by atoms with Crippen molar-refractivity contribution in [2.45, 2.75) is 44.7 Å². The van der Waals surface area contributed by atoms with E-state index in [-0.39, 0.29) is 23.0 Å². The third-order valence-electron chi connectivity index (χ3n) is 6.06. The van der Waals surface area contributed by atoms with Crippen molar-refractivity contribution in [2.75, 3.05) is 17.4 Å². The summed E-state index contributed by atoms with van der Waals surface area (Å²) in [6, 6.07) is 16.5. The van der Waals surface area contributed by atoms with Crippen LogP contribution in [0.5, 0.6) is 0 Å². The molecule has 0 aliphatic heterocycles. The zero-order chi connectivity index (χ0) is 28.7. The number of benzene rings is 3. The predicted molar refractivity (Wildman–Crippen MR) is 157 cm³/mol. The highest BCUT2D eigenvalue weighted by atomic mass is 35.5. The molecule has 3 rings (SSSR count). The third kappa shape index (κ3) is 7.88. The van der Waals surface area contributed by atoms with Crippen LogP contribution in [0.2, 0.25) is 15.1 Å². The standard InChI is InChI=1S/C28H30Cl3N3O4S/c1-4-15-32-28(36)20(3)33(17-21-7-14-25(30)26(31)16-21)27(35)18-34(23-10-8-22(29)9-11-23)39(37,38)24-12-5-19(2)6-13-24/h5-14,16,20H,4,15,17-18H2,1-3H3,(H,32,36)/t20-/m0/s1.